The molecule has 2 heterocycles. The van der Waals surface area contributed by atoms with Gasteiger partial charge in [0.15, 0.2) is 10.8 Å². The van der Waals surface area contributed by atoms with Crippen LogP contribution >= 0.6 is 19.2 Å². The minimum atomic E-state index is -3.10. The molecule has 0 spiro atoms. The van der Waals surface area contributed by atoms with Crippen LogP contribution in [0.2, 0.25) is 5.15 Å². The molecule has 9 heteroatoms. The molecule has 0 radical (unpaired) electrons. The van der Waals surface area contributed by atoms with Crippen LogP contribution in [-0.2, 0) is 13.6 Å². The molecule has 3 rings (SSSR count). The summed E-state index contributed by atoms with van der Waals surface area (Å²) in [5.41, 5.74) is 3.27. The topological polar surface area (TPSA) is 79.1 Å². The van der Waals surface area contributed by atoms with Gasteiger partial charge in [0.2, 0.25) is 0 Å². The summed E-state index contributed by atoms with van der Waals surface area (Å²) < 4.78 is 26.6. The maximum atomic E-state index is 13.3. The van der Waals surface area contributed by atoms with Crippen molar-refractivity contribution in [3.63, 3.8) is 0 Å². The monoisotopic (exact) mass is 506 g/mol. The molecule has 1 aliphatic rings. The highest BCUT2D eigenvalue weighted by Crippen LogP contribution is 2.54. The van der Waals surface area contributed by atoms with Gasteiger partial charge in [-0.2, -0.15) is 0 Å². The van der Waals surface area contributed by atoms with E-state index >= 15 is 0 Å². The van der Waals surface area contributed by atoms with Crippen molar-refractivity contribution >= 4 is 36.1 Å². The molecule has 34 heavy (non-hydrogen) atoms. The minimum Gasteiger partial charge on any atom is -0.306 e. The summed E-state index contributed by atoms with van der Waals surface area (Å²) in [7, 11) is -3.10. The van der Waals surface area contributed by atoms with E-state index in [0.29, 0.717) is 34.3 Å². The Labute approximate surface area is 207 Å². The lowest BCUT2D eigenvalue weighted by molar-refractivity contribution is 0.137. The number of rotatable bonds is 10. The highest BCUT2D eigenvalue weighted by molar-refractivity contribution is 7.53. The van der Waals surface area contributed by atoms with Crippen molar-refractivity contribution in [1.82, 2.24) is 19.5 Å². The van der Waals surface area contributed by atoms with Crippen molar-refractivity contribution < 1.29 is 13.6 Å². The first-order valence-electron chi connectivity index (χ1n) is 11.9. The fourth-order valence-corrected chi connectivity index (χ4v) is 7.11. The molecule has 0 aromatic carbocycles. The molecule has 2 aromatic heterocycles. The van der Waals surface area contributed by atoms with E-state index in [9.17, 15) is 4.57 Å². The molecule has 0 amide bonds. The molecular weight excluding hydrogens is 471 g/mol. The molecule has 0 saturated heterocycles. The van der Waals surface area contributed by atoms with Gasteiger partial charge in [0, 0.05) is 5.70 Å². The maximum Gasteiger partial charge on any atom is 0.331 e. The van der Waals surface area contributed by atoms with E-state index in [2.05, 4.69) is 27.6 Å². The Morgan fingerprint density at radius 1 is 1.15 bits per heavy atom. The smallest absolute Gasteiger partial charge is 0.306 e. The molecule has 0 atom stereocenters. The van der Waals surface area contributed by atoms with E-state index in [-0.39, 0.29) is 12.2 Å². The van der Waals surface area contributed by atoms with Gasteiger partial charge in [-0.15, -0.1) is 0 Å². The molecule has 2 aromatic rings. The fraction of sp³-hybridized carbons (Fsp3) is 0.560. The van der Waals surface area contributed by atoms with E-state index in [1.165, 1.54) is 6.33 Å². The maximum absolute atomic E-state index is 13.3. The summed E-state index contributed by atoms with van der Waals surface area (Å²) in [5, 5.41) is 0.339. The molecule has 1 fully saturated rings. The predicted octanol–water partition coefficient (Wildman–Crippen LogP) is 7.30. The van der Waals surface area contributed by atoms with Gasteiger partial charge < -0.3 is 9.05 Å². The zero-order valence-corrected chi connectivity index (χ0v) is 22.4. The van der Waals surface area contributed by atoms with Crippen LogP contribution < -0.4 is 0 Å². The average Bonchev–Trinajstić information content (AvgIpc) is 3.18. The predicted molar refractivity (Wildman–Crippen MR) is 139 cm³/mol. The summed E-state index contributed by atoms with van der Waals surface area (Å²) >= 11 is 6.14. The third kappa shape index (κ3) is 6.88. The summed E-state index contributed by atoms with van der Waals surface area (Å²) in [4.78, 5) is 12.7. The quantitative estimate of drug-likeness (QED) is 0.191. The third-order valence-electron chi connectivity index (χ3n) is 5.93. The SMILES string of the molecule is C=C(/C=C\C(=C/C)n1cnc2c(Cl)ncnc21)C1CCC(CP(=O)(OC(C)C)OC(C)C)CC1. The van der Waals surface area contributed by atoms with E-state index in [1.807, 2.05) is 51.3 Å². The van der Waals surface area contributed by atoms with E-state index in [4.69, 9.17) is 20.6 Å². The van der Waals surface area contributed by atoms with E-state index < -0.39 is 7.60 Å². The number of hydrogen-bond donors (Lipinski definition) is 0. The van der Waals surface area contributed by atoms with Crippen LogP contribution in [0, 0.1) is 11.8 Å². The number of aromatic nitrogens is 4. The summed E-state index contributed by atoms with van der Waals surface area (Å²) in [6, 6.07) is 0. The molecule has 1 aliphatic carbocycles. The first-order valence-corrected chi connectivity index (χ1v) is 14.1. The zero-order valence-electron chi connectivity index (χ0n) is 20.8. The Kier molecular flexibility index (Phi) is 9.27. The minimum absolute atomic E-state index is 0.123. The summed E-state index contributed by atoms with van der Waals surface area (Å²) in [6.07, 6.45) is 13.5. The van der Waals surface area contributed by atoms with Crippen molar-refractivity contribution in [1.29, 1.82) is 0 Å². The van der Waals surface area contributed by atoms with Gasteiger partial charge in [-0.25, -0.2) is 15.0 Å². The lowest BCUT2D eigenvalue weighted by Crippen LogP contribution is -2.21. The highest BCUT2D eigenvalue weighted by atomic mass is 35.5. The highest BCUT2D eigenvalue weighted by Gasteiger charge is 2.33. The van der Waals surface area contributed by atoms with Crippen molar-refractivity contribution in [3.05, 3.63) is 48.2 Å². The van der Waals surface area contributed by atoms with Crippen LogP contribution in [0.4, 0.5) is 0 Å². The number of halogens is 1. The molecule has 7 nitrogen and oxygen atoms in total. The van der Waals surface area contributed by atoms with Crippen LogP contribution in [0.5, 0.6) is 0 Å². The lowest BCUT2D eigenvalue weighted by Gasteiger charge is -2.32. The van der Waals surface area contributed by atoms with Crippen LogP contribution in [0.1, 0.15) is 60.3 Å². The van der Waals surface area contributed by atoms with Crippen LogP contribution in [0.3, 0.4) is 0 Å². The molecule has 0 unspecified atom stereocenters. The molecular formula is C25H36ClN4O3P. The fourth-order valence-electron chi connectivity index (χ4n) is 4.42. The number of allylic oxidation sites excluding steroid dienone is 5. The van der Waals surface area contributed by atoms with Crippen molar-refractivity contribution in [2.24, 2.45) is 11.8 Å². The number of nitrogens with zero attached hydrogens (tertiary/aromatic N) is 4. The van der Waals surface area contributed by atoms with Crippen molar-refractivity contribution in [2.45, 2.75) is 72.5 Å². The number of imidazole rings is 1. The van der Waals surface area contributed by atoms with Crippen LogP contribution in [0.25, 0.3) is 16.9 Å². The van der Waals surface area contributed by atoms with Crippen molar-refractivity contribution in [2.75, 3.05) is 6.16 Å². The second-order valence-corrected chi connectivity index (χ2v) is 11.8. The Hall–Kier alpha value is -1.79. The summed E-state index contributed by atoms with van der Waals surface area (Å²) in [6.45, 7) is 13.9. The number of fused-ring (bicyclic) bond motifs is 1. The van der Waals surface area contributed by atoms with Gasteiger partial charge in [0.25, 0.3) is 0 Å². The lowest BCUT2D eigenvalue weighted by atomic mass is 9.79. The second kappa shape index (κ2) is 11.8. The van der Waals surface area contributed by atoms with Gasteiger partial charge in [-0.05, 0) is 78.2 Å². The molecule has 1 saturated carbocycles. The Bertz CT molecular complexity index is 1090. The Morgan fingerprint density at radius 3 is 2.38 bits per heavy atom. The van der Waals surface area contributed by atoms with Crippen molar-refractivity contribution in [3.8, 4) is 0 Å². The Balaban J connectivity index is 1.60. The second-order valence-electron chi connectivity index (χ2n) is 9.39. The standard InChI is InChI=1S/C25H36ClN4O3P/c1-7-22(30-16-29-23-24(26)27-15-28-25(23)30)13-8-19(6)21-11-9-20(10-12-21)14-34(31,32-17(2)3)33-18(4)5/h7-8,13,15-18,20-21H,6,9-12,14H2,1-5H3/b13-8-,22-7+. The van der Waals surface area contributed by atoms with E-state index in [1.54, 1.807) is 6.33 Å². The Morgan fingerprint density at radius 2 is 1.79 bits per heavy atom. The van der Waals surface area contributed by atoms with Gasteiger partial charge in [0.05, 0.1) is 18.4 Å². The molecule has 0 bridgehead atoms. The van der Waals surface area contributed by atoms with Gasteiger partial charge in [-0.3, -0.25) is 9.13 Å². The van der Waals surface area contributed by atoms with Gasteiger partial charge in [-0.1, -0.05) is 35.9 Å². The molecule has 0 N–H and O–H groups in total. The largest absolute Gasteiger partial charge is 0.331 e. The number of hydrogen-bond acceptors (Lipinski definition) is 6. The molecule has 186 valence electrons. The van der Waals surface area contributed by atoms with Gasteiger partial charge in [0.1, 0.15) is 18.2 Å². The van der Waals surface area contributed by atoms with Crippen LogP contribution in [0.15, 0.2) is 43.0 Å². The normalized spacial score (nSPS) is 20.2. The first-order chi connectivity index (χ1) is 16.1. The van der Waals surface area contributed by atoms with Gasteiger partial charge >= 0.3 is 7.60 Å². The van der Waals surface area contributed by atoms with Crippen LogP contribution in [-0.4, -0.2) is 37.9 Å². The third-order valence-corrected chi connectivity index (χ3v) is 8.65. The molecule has 0 aliphatic heterocycles. The average molecular weight is 507 g/mol. The summed E-state index contributed by atoms with van der Waals surface area (Å²) in [5.74, 6) is 0.738. The first kappa shape index (κ1) is 26.8. The van der Waals surface area contributed by atoms with E-state index in [0.717, 1.165) is 37.0 Å². The zero-order chi connectivity index (χ0) is 24.9.